The van der Waals surface area contributed by atoms with Gasteiger partial charge in [-0.05, 0) is 35.2 Å². The van der Waals surface area contributed by atoms with Gasteiger partial charge in [0.15, 0.2) is 5.78 Å². The van der Waals surface area contributed by atoms with Gasteiger partial charge in [-0.2, -0.15) is 0 Å². The van der Waals surface area contributed by atoms with Gasteiger partial charge in [-0.25, -0.2) is 8.42 Å². The standard InChI is InChI=1S/C28H32N2O6S/c1-28(2,3)21-12-10-19(11-13-21)27(32)20-8-7-9-22(16-20)29-26(31)18-30(37(6,33)34)24-15-14-23(35-4)17-25(24)36-5/h7-17H,18H2,1-6H3,(H,29,31). The maximum absolute atomic E-state index is 13.0. The highest BCUT2D eigenvalue weighted by Gasteiger charge is 2.25. The lowest BCUT2D eigenvalue weighted by molar-refractivity contribution is -0.114. The first-order valence-electron chi connectivity index (χ1n) is 11.6. The molecule has 0 saturated carbocycles. The van der Waals surface area contributed by atoms with E-state index in [-0.39, 0.29) is 22.6 Å². The van der Waals surface area contributed by atoms with E-state index in [1.807, 2.05) is 12.1 Å². The molecule has 9 heteroatoms. The van der Waals surface area contributed by atoms with Crippen molar-refractivity contribution in [3.63, 3.8) is 0 Å². The van der Waals surface area contributed by atoms with E-state index in [1.54, 1.807) is 42.5 Å². The molecule has 0 aliphatic heterocycles. The smallest absolute Gasteiger partial charge is 0.245 e. The summed E-state index contributed by atoms with van der Waals surface area (Å²) in [6, 6.07) is 18.6. The molecule has 0 unspecified atom stereocenters. The molecule has 0 heterocycles. The Morgan fingerprint density at radius 1 is 0.892 bits per heavy atom. The minimum absolute atomic E-state index is 0.0263. The molecule has 0 aliphatic carbocycles. The number of rotatable bonds is 9. The van der Waals surface area contributed by atoms with Crippen LogP contribution in [0.1, 0.15) is 42.3 Å². The van der Waals surface area contributed by atoms with E-state index < -0.39 is 22.5 Å². The molecule has 0 radical (unpaired) electrons. The monoisotopic (exact) mass is 524 g/mol. The quantitative estimate of drug-likeness (QED) is 0.409. The first-order valence-corrected chi connectivity index (χ1v) is 13.4. The lowest BCUT2D eigenvalue weighted by atomic mass is 9.86. The van der Waals surface area contributed by atoms with Crippen molar-refractivity contribution in [3.8, 4) is 11.5 Å². The van der Waals surface area contributed by atoms with Crippen LogP contribution in [-0.2, 0) is 20.2 Å². The first-order chi connectivity index (χ1) is 17.3. The number of amides is 1. The van der Waals surface area contributed by atoms with Crippen LogP contribution in [0.25, 0.3) is 0 Å². The number of hydrogen-bond donors (Lipinski definition) is 1. The second-order valence-electron chi connectivity index (χ2n) is 9.59. The van der Waals surface area contributed by atoms with E-state index in [9.17, 15) is 18.0 Å². The topological polar surface area (TPSA) is 102 Å². The summed E-state index contributed by atoms with van der Waals surface area (Å²) in [6.45, 7) is 5.82. The number of nitrogens with one attached hydrogen (secondary N) is 1. The van der Waals surface area contributed by atoms with Crippen LogP contribution in [0, 0.1) is 0 Å². The molecule has 0 saturated heterocycles. The fourth-order valence-corrected chi connectivity index (χ4v) is 4.59. The van der Waals surface area contributed by atoms with Gasteiger partial charge < -0.3 is 14.8 Å². The highest BCUT2D eigenvalue weighted by molar-refractivity contribution is 7.92. The van der Waals surface area contributed by atoms with Gasteiger partial charge in [0.05, 0.1) is 26.2 Å². The van der Waals surface area contributed by atoms with Gasteiger partial charge in [0.25, 0.3) is 0 Å². The molecule has 0 spiro atoms. The van der Waals surface area contributed by atoms with Gasteiger partial charge >= 0.3 is 0 Å². The van der Waals surface area contributed by atoms with Crippen LogP contribution in [-0.4, -0.2) is 47.1 Å². The number of carbonyl (C=O) groups is 2. The van der Waals surface area contributed by atoms with Crippen LogP contribution < -0.4 is 19.1 Å². The van der Waals surface area contributed by atoms with Crippen LogP contribution in [0.15, 0.2) is 66.7 Å². The summed E-state index contributed by atoms with van der Waals surface area (Å²) in [5.41, 5.74) is 2.60. The van der Waals surface area contributed by atoms with Crippen molar-refractivity contribution in [1.29, 1.82) is 0 Å². The fraction of sp³-hybridized carbons (Fsp3) is 0.286. The molecule has 8 nitrogen and oxygen atoms in total. The maximum atomic E-state index is 13.0. The Bertz CT molecular complexity index is 1390. The molecule has 0 atom stereocenters. The summed E-state index contributed by atoms with van der Waals surface area (Å²) in [4.78, 5) is 25.9. The zero-order chi connectivity index (χ0) is 27.4. The van der Waals surface area contributed by atoms with E-state index in [2.05, 4.69) is 26.1 Å². The van der Waals surface area contributed by atoms with Gasteiger partial charge in [0, 0.05) is 22.9 Å². The Morgan fingerprint density at radius 3 is 2.14 bits per heavy atom. The minimum atomic E-state index is -3.83. The highest BCUT2D eigenvalue weighted by Crippen LogP contribution is 2.33. The predicted molar refractivity (Wildman–Crippen MR) is 145 cm³/mol. The molecule has 0 aliphatic rings. The van der Waals surface area contributed by atoms with Crippen LogP contribution >= 0.6 is 0 Å². The Labute approximate surface area is 218 Å². The van der Waals surface area contributed by atoms with Crippen molar-refractivity contribution in [1.82, 2.24) is 0 Å². The molecular weight excluding hydrogens is 492 g/mol. The molecule has 1 amide bonds. The van der Waals surface area contributed by atoms with E-state index >= 15 is 0 Å². The minimum Gasteiger partial charge on any atom is -0.497 e. The van der Waals surface area contributed by atoms with Crippen molar-refractivity contribution >= 4 is 33.1 Å². The molecule has 1 N–H and O–H groups in total. The lowest BCUT2D eigenvalue weighted by Gasteiger charge is -2.24. The number of hydrogen-bond acceptors (Lipinski definition) is 6. The van der Waals surface area contributed by atoms with E-state index in [4.69, 9.17) is 9.47 Å². The van der Waals surface area contributed by atoms with Gasteiger partial charge in [0.1, 0.15) is 18.0 Å². The summed E-state index contributed by atoms with van der Waals surface area (Å²) < 4.78 is 36.5. The molecule has 0 bridgehead atoms. The van der Waals surface area contributed by atoms with Gasteiger partial charge in [-0.3, -0.25) is 13.9 Å². The Hall–Kier alpha value is -3.85. The zero-order valence-electron chi connectivity index (χ0n) is 21.9. The van der Waals surface area contributed by atoms with Crippen LogP contribution in [0.3, 0.4) is 0 Å². The Kier molecular flexibility index (Phi) is 8.28. The SMILES string of the molecule is COc1ccc(N(CC(=O)Nc2cccc(C(=O)c3ccc(C(C)(C)C)cc3)c2)S(C)(=O)=O)c(OC)c1. The average molecular weight is 525 g/mol. The van der Waals surface area contributed by atoms with Gasteiger partial charge in [0.2, 0.25) is 15.9 Å². The van der Waals surface area contributed by atoms with Crippen LogP contribution in [0.4, 0.5) is 11.4 Å². The number of nitrogens with zero attached hydrogens (tertiary/aromatic N) is 1. The van der Waals surface area contributed by atoms with Crippen molar-refractivity contribution in [2.75, 3.05) is 36.6 Å². The second kappa shape index (κ2) is 11.0. The van der Waals surface area contributed by atoms with Gasteiger partial charge in [-0.1, -0.05) is 57.2 Å². The molecular formula is C28H32N2O6S. The highest BCUT2D eigenvalue weighted by atomic mass is 32.2. The van der Waals surface area contributed by atoms with E-state index in [1.165, 1.54) is 26.4 Å². The van der Waals surface area contributed by atoms with Crippen molar-refractivity contribution in [2.24, 2.45) is 0 Å². The molecule has 196 valence electrons. The third-order valence-electron chi connectivity index (χ3n) is 5.76. The largest absolute Gasteiger partial charge is 0.497 e. The van der Waals surface area contributed by atoms with Crippen molar-refractivity contribution < 1.29 is 27.5 Å². The number of sulfonamides is 1. The van der Waals surface area contributed by atoms with Crippen LogP contribution in [0.5, 0.6) is 11.5 Å². The summed E-state index contributed by atoms with van der Waals surface area (Å²) in [6.07, 6.45) is 1.01. The number of benzene rings is 3. The summed E-state index contributed by atoms with van der Waals surface area (Å²) in [5.74, 6) is -0.0459. The Morgan fingerprint density at radius 2 is 1.57 bits per heavy atom. The number of methoxy groups -OCH3 is 2. The number of ether oxygens (including phenoxy) is 2. The van der Waals surface area contributed by atoms with E-state index in [0.717, 1.165) is 16.1 Å². The first kappa shape index (κ1) is 27.7. The Balaban J connectivity index is 1.80. The molecule has 37 heavy (non-hydrogen) atoms. The third-order valence-corrected chi connectivity index (χ3v) is 6.89. The van der Waals surface area contributed by atoms with E-state index in [0.29, 0.717) is 22.6 Å². The lowest BCUT2D eigenvalue weighted by Crippen LogP contribution is -2.37. The summed E-state index contributed by atoms with van der Waals surface area (Å²) in [5, 5.41) is 2.69. The van der Waals surface area contributed by atoms with Crippen LogP contribution in [0.2, 0.25) is 0 Å². The van der Waals surface area contributed by atoms with Crippen molar-refractivity contribution in [3.05, 3.63) is 83.4 Å². The average Bonchev–Trinajstić information content (AvgIpc) is 2.85. The predicted octanol–water partition coefficient (Wildman–Crippen LogP) is 4.64. The second-order valence-corrected chi connectivity index (χ2v) is 11.5. The molecule has 3 aromatic rings. The third kappa shape index (κ3) is 6.89. The molecule has 0 aromatic heterocycles. The number of ketones is 1. The number of anilines is 2. The molecule has 3 rings (SSSR count). The maximum Gasteiger partial charge on any atom is 0.245 e. The van der Waals surface area contributed by atoms with Gasteiger partial charge in [-0.15, -0.1) is 0 Å². The number of carbonyl (C=O) groups excluding carboxylic acids is 2. The normalized spacial score (nSPS) is 11.5. The van der Waals surface area contributed by atoms with Crippen molar-refractivity contribution in [2.45, 2.75) is 26.2 Å². The summed E-state index contributed by atoms with van der Waals surface area (Å²) in [7, 11) is -0.949. The molecule has 3 aromatic carbocycles. The molecule has 0 fully saturated rings. The summed E-state index contributed by atoms with van der Waals surface area (Å²) >= 11 is 0. The zero-order valence-corrected chi connectivity index (χ0v) is 22.7. The fourth-order valence-electron chi connectivity index (χ4n) is 3.73.